The molecule has 0 spiro atoms. The van der Waals surface area contributed by atoms with Gasteiger partial charge in [0.1, 0.15) is 6.04 Å². The molecule has 4 atom stereocenters. The first-order valence-electron chi connectivity index (χ1n) is 6.83. The molecular formula is C13H25ClN2O2. The Labute approximate surface area is 116 Å². The molecule has 0 radical (unpaired) electrons. The van der Waals surface area contributed by atoms with E-state index in [-0.39, 0.29) is 24.4 Å². The van der Waals surface area contributed by atoms with Crippen molar-refractivity contribution in [2.45, 2.75) is 45.2 Å². The topological polar surface area (TPSA) is 55.6 Å². The number of hydrogen-bond donors (Lipinski definition) is 1. The van der Waals surface area contributed by atoms with Crippen LogP contribution in [0.3, 0.4) is 0 Å². The van der Waals surface area contributed by atoms with Crippen LogP contribution in [0.5, 0.6) is 0 Å². The molecule has 1 heterocycles. The number of carbonyl (C=O) groups is 1. The summed E-state index contributed by atoms with van der Waals surface area (Å²) < 4.78 is 5.14. The van der Waals surface area contributed by atoms with Gasteiger partial charge in [-0.05, 0) is 38.0 Å². The van der Waals surface area contributed by atoms with Gasteiger partial charge >= 0.3 is 5.97 Å². The maximum atomic E-state index is 11.9. The second-order valence-corrected chi connectivity index (χ2v) is 5.30. The summed E-state index contributed by atoms with van der Waals surface area (Å²) >= 11 is 0. The van der Waals surface area contributed by atoms with E-state index in [1.165, 1.54) is 6.42 Å². The van der Waals surface area contributed by atoms with Gasteiger partial charge in [0, 0.05) is 19.1 Å². The lowest BCUT2D eigenvalue weighted by Gasteiger charge is -2.26. The van der Waals surface area contributed by atoms with Crippen LogP contribution in [-0.2, 0) is 9.53 Å². The summed E-state index contributed by atoms with van der Waals surface area (Å²) in [5.41, 5.74) is 6.12. The fourth-order valence-electron chi connectivity index (χ4n) is 3.41. The second-order valence-electron chi connectivity index (χ2n) is 5.30. The molecule has 1 saturated heterocycles. The predicted molar refractivity (Wildman–Crippen MR) is 73.7 cm³/mol. The number of hydrogen-bond acceptors (Lipinski definition) is 4. The molecule has 0 aromatic rings. The van der Waals surface area contributed by atoms with Crippen molar-refractivity contribution in [2.24, 2.45) is 17.6 Å². The SMILES string of the molecule is CCOC(=O)C(CC)N1CC2CCC(N)C2C1.Cl. The molecule has 18 heavy (non-hydrogen) atoms. The first kappa shape index (κ1) is 15.7. The Bertz CT molecular complexity index is 288. The Hall–Kier alpha value is -0.320. The van der Waals surface area contributed by atoms with E-state index < -0.39 is 0 Å². The van der Waals surface area contributed by atoms with E-state index in [9.17, 15) is 4.79 Å². The summed E-state index contributed by atoms with van der Waals surface area (Å²) in [5.74, 6) is 1.23. The number of carbonyl (C=O) groups excluding carboxylic acids is 1. The molecule has 0 aromatic heterocycles. The van der Waals surface area contributed by atoms with E-state index in [1.807, 2.05) is 6.92 Å². The summed E-state index contributed by atoms with van der Waals surface area (Å²) in [7, 11) is 0. The molecule has 2 aliphatic rings. The number of nitrogens with two attached hydrogens (primary N) is 1. The molecule has 2 fully saturated rings. The Kier molecular flexibility index (Phi) is 5.89. The molecule has 1 aliphatic carbocycles. The van der Waals surface area contributed by atoms with Gasteiger partial charge in [-0.25, -0.2) is 0 Å². The lowest BCUT2D eigenvalue weighted by Crippen LogP contribution is -2.42. The van der Waals surface area contributed by atoms with E-state index in [0.29, 0.717) is 24.5 Å². The number of esters is 1. The highest BCUT2D eigenvalue weighted by Gasteiger charge is 2.44. The standard InChI is InChI=1S/C13H24N2O2.ClH/c1-3-12(13(16)17-4-2)15-7-9-5-6-11(14)10(9)8-15;/h9-12H,3-8,14H2,1-2H3;1H. The molecule has 1 saturated carbocycles. The van der Waals surface area contributed by atoms with Gasteiger partial charge in [-0.15, -0.1) is 12.4 Å². The molecule has 5 heteroatoms. The van der Waals surface area contributed by atoms with Gasteiger partial charge in [0.15, 0.2) is 0 Å². The van der Waals surface area contributed by atoms with Crippen molar-refractivity contribution in [2.75, 3.05) is 19.7 Å². The average molecular weight is 277 g/mol. The predicted octanol–water partition coefficient (Wildman–Crippen LogP) is 1.42. The number of halogens is 1. The van der Waals surface area contributed by atoms with Crippen LogP contribution in [0.2, 0.25) is 0 Å². The fourth-order valence-corrected chi connectivity index (χ4v) is 3.41. The first-order valence-corrected chi connectivity index (χ1v) is 6.83. The summed E-state index contributed by atoms with van der Waals surface area (Å²) in [4.78, 5) is 14.2. The molecular weight excluding hydrogens is 252 g/mol. The van der Waals surface area contributed by atoms with Gasteiger partial charge < -0.3 is 10.5 Å². The third-order valence-corrected chi connectivity index (χ3v) is 4.33. The van der Waals surface area contributed by atoms with Crippen LogP contribution in [0.1, 0.15) is 33.1 Å². The normalized spacial score (nSPS) is 32.7. The molecule has 2 rings (SSSR count). The van der Waals surface area contributed by atoms with Gasteiger partial charge in [0.2, 0.25) is 0 Å². The van der Waals surface area contributed by atoms with Crippen molar-refractivity contribution in [1.29, 1.82) is 0 Å². The number of nitrogens with zero attached hydrogens (tertiary/aromatic N) is 1. The molecule has 4 unspecified atom stereocenters. The zero-order valence-corrected chi connectivity index (χ0v) is 12.1. The van der Waals surface area contributed by atoms with Crippen LogP contribution in [-0.4, -0.2) is 42.6 Å². The van der Waals surface area contributed by atoms with Crippen molar-refractivity contribution in [3.05, 3.63) is 0 Å². The van der Waals surface area contributed by atoms with Gasteiger partial charge in [-0.1, -0.05) is 6.92 Å². The quantitative estimate of drug-likeness (QED) is 0.789. The molecule has 0 bridgehead atoms. The van der Waals surface area contributed by atoms with Gasteiger partial charge in [-0.2, -0.15) is 0 Å². The summed E-state index contributed by atoms with van der Waals surface area (Å²) in [6, 6.07) is 0.275. The molecule has 0 amide bonds. The third kappa shape index (κ3) is 2.98. The maximum absolute atomic E-state index is 11.9. The van der Waals surface area contributed by atoms with E-state index in [0.717, 1.165) is 25.9 Å². The molecule has 1 aliphatic heterocycles. The maximum Gasteiger partial charge on any atom is 0.323 e. The lowest BCUT2D eigenvalue weighted by atomic mass is 9.98. The minimum atomic E-state index is -0.0662. The van der Waals surface area contributed by atoms with Gasteiger partial charge in [-0.3, -0.25) is 9.69 Å². The minimum absolute atomic E-state index is 0. The number of rotatable bonds is 4. The van der Waals surface area contributed by atoms with E-state index in [1.54, 1.807) is 0 Å². The second kappa shape index (κ2) is 6.73. The highest BCUT2D eigenvalue weighted by Crippen LogP contribution is 2.38. The summed E-state index contributed by atoms with van der Waals surface area (Å²) in [6.07, 6.45) is 3.20. The Morgan fingerprint density at radius 1 is 1.39 bits per heavy atom. The van der Waals surface area contributed by atoms with Crippen LogP contribution in [0.4, 0.5) is 0 Å². The minimum Gasteiger partial charge on any atom is -0.465 e. The number of likely N-dealkylation sites (tertiary alicyclic amines) is 1. The van der Waals surface area contributed by atoms with E-state index in [2.05, 4.69) is 11.8 Å². The van der Waals surface area contributed by atoms with Crippen LogP contribution in [0.15, 0.2) is 0 Å². The molecule has 0 aromatic carbocycles. The van der Waals surface area contributed by atoms with Crippen LogP contribution in [0.25, 0.3) is 0 Å². The first-order chi connectivity index (χ1) is 8.17. The smallest absolute Gasteiger partial charge is 0.323 e. The largest absolute Gasteiger partial charge is 0.465 e. The van der Waals surface area contributed by atoms with Crippen molar-refractivity contribution in [3.63, 3.8) is 0 Å². The number of ether oxygens (including phenoxy) is 1. The van der Waals surface area contributed by atoms with Gasteiger partial charge in [0.05, 0.1) is 6.61 Å². The van der Waals surface area contributed by atoms with Crippen molar-refractivity contribution in [3.8, 4) is 0 Å². The van der Waals surface area contributed by atoms with Crippen LogP contribution >= 0.6 is 12.4 Å². The highest BCUT2D eigenvalue weighted by molar-refractivity contribution is 5.85. The Morgan fingerprint density at radius 3 is 2.67 bits per heavy atom. The van der Waals surface area contributed by atoms with E-state index in [4.69, 9.17) is 10.5 Å². The highest BCUT2D eigenvalue weighted by atomic mass is 35.5. The zero-order chi connectivity index (χ0) is 12.4. The molecule has 4 nitrogen and oxygen atoms in total. The van der Waals surface area contributed by atoms with E-state index >= 15 is 0 Å². The summed E-state index contributed by atoms with van der Waals surface area (Å²) in [5, 5.41) is 0. The molecule has 106 valence electrons. The fraction of sp³-hybridized carbons (Fsp3) is 0.923. The summed E-state index contributed by atoms with van der Waals surface area (Å²) in [6.45, 7) is 6.38. The Balaban J connectivity index is 0.00000162. The Morgan fingerprint density at radius 2 is 2.11 bits per heavy atom. The van der Waals surface area contributed by atoms with Crippen LogP contribution < -0.4 is 5.73 Å². The third-order valence-electron chi connectivity index (χ3n) is 4.33. The average Bonchev–Trinajstić information content (AvgIpc) is 2.83. The molecule has 2 N–H and O–H groups in total. The van der Waals surface area contributed by atoms with Crippen molar-refractivity contribution in [1.82, 2.24) is 4.90 Å². The van der Waals surface area contributed by atoms with Gasteiger partial charge in [0.25, 0.3) is 0 Å². The van der Waals surface area contributed by atoms with Crippen molar-refractivity contribution < 1.29 is 9.53 Å². The number of fused-ring (bicyclic) bond motifs is 1. The van der Waals surface area contributed by atoms with Crippen molar-refractivity contribution >= 4 is 18.4 Å². The monoisotopic (exact) mass is 276 g/mol. The lowest BCUT2D eigenvalue weighted by molar-refractivity contribution is -0.149. The zero-order valence-electron chi connectivity index (χ0n) is 11.3. The van der Waals surface area contributed by atoms with Crippen LogP contribution in [0, 0.1) is 11.8 Å².